The first-order valence-corrected chi connectivity index (χ1v) is 10.0. The van der Waals surface area contributed by atoms with Crippen molar-refractivity contribution < 1.29 is 18.7 Å². The third kappa shape index (κ3) is 8.04. The summed E-state index contributed by atoms with van der Waals surface area (Å²) in [6.07, 6.45) is 1.15. The van der Waals surface area contributed by atoms with Crippen molar-refractivity contribution in [2.75, 3.05) is 52.9 Å². The summed E-state index contributed by atoms with van der Waals surface area (Å²) in [7, 11) is 1.70. The fourth-order valence-corrected chi connectivity index (χ4v) is 2.84. The number of ether oxygens (including phenoxy) is 1. The van der Waals surface area contributed by atoms with Crippen LogP contribution in [0.5, 0.6) is 0 Å². The predicted octanol–water partition coefficient (Wildman–Crippen LogP) is 2.49. The summed E-state index contributed by atoms with van der Waals surface area (Å²) in [6.45, 7) is 11.8. The highest BCUT2D eigenvalue weighted by molar-refractivity contribution is 14.0. The lowest BCUT2D eigenvalue weighted by atomic mass is 10.2. The monoisotopic (exact) mass is 535 g/mol. The molecule has 1 fully saturated rings. The van der Waals surface area contributed by atoms with Gasteiger partial charge in [0, 0.05) is 46.3 Å². The number of nitrogens with zero attached hydrogens (tertiary/aromatic N) is 4. The third-order valence-corrected chi connectivity index (χ3v) is 4.34. The number of rotatable bonds is 5. The average Bonchev–Trinajstić information content (AvgIpc) is 3.20. The molecule has 2 amide bonds. The number of nitrogens with one attached hydrogen (secondary N) is 1. The molecule has 0 radical (unpaired) electrons. The van der Waals surface area contributed by atoms with Gasteiger partial charge in [0.15, 0.2) is 11.7 Å². The topological polar surface area (TPSA) is 90.6 Å². The molecule has 0 bridgehead atoms. The largest absolute Gasteiger partial charge is 0.459 e. The summed E-state index contributed by atoms with van der Waals surface area (Å²) in [5.74, 6) is 1.06. The molecular weight excluding hydrogens is 501 g/mol. The van der Waals surface area contributed by atoms with Gasteiger partial charge in [0.2, 0.25) is 0 Å². The molecule has 1 aromatic rings. The van der Waals surface area contributed by atoms with Gasteiger partial charge in [0.25, 0.3) is 5.91 Å². The lowest BCUT2D eigenvalue weighted by Gasteiger charge is -2.36. The molecule has 0 aliphatic carbocycles. The van der Waals surface area contributed by atoms with Crippen molar-refractivity contribution in [2.24, 2.45) is 4.99 Å². The first-order chi connectivity index (χ1) is 13.7. The van der Waals surface area contributed by atoms with Gasteiger partial charge in [0.1, 0.15) is 5.60 Å². The smallest absolute Gasteiger partial charge is 0.410 e. The highest BCUT2D eigenvalue weighted by Gasteiger charge is 2.25. The van der Waals surface area contributed by atoms with Crippen LogP contribution in [0, 0.1) is 0 Å². The fraction of sp³-hybridized carbons (Fsp3) is 0.650. The first kappa shape index (κ1) is 26.1. The number of carbonyl (C=O) groups is 2. The van der Waals surface area contributed by atoms with Crippen LogP contribution in [0.15, 0.2) is 27.8 Å². The fourth-order valence-electron chi connectivity index (χ4n) is 2.84. The summed E-state index contributed by atoms with van der Waals surface area (Å²) in [4.78, 5) is 34.5. The Morgan fingerprint density at radius 1 is 1.23 bits per heavy atom. The SMILES string of the molecule is CCNC(=NCCN(C)C(=O)OC(C)(C)C)N1CCN(C(=O)c2ccco2)CC1.I. The molecule has 1 aliphatic rings. The molecular formula is C20H34IN5O4. The van der Waals surface area contributed by atoms with Gasteiger partial charge >= 0.3 is 6.09 Å². The van der Waals surface area contributed by atoms with Crippen molar-refractivity contribution >= 4 is 41.9 Å². The van der Waals surface area contributed by atoms with Gasteiger partial charge in [-0.25, -0.2) is 4.79 Å². The third-order valence-electron chi connectivity index (χ3n) is 4.34. The Hall–Kier alpha value is -1.98. The van der Waals surface area contributed by atoms with Crippen molar-refractivity contribution in [3.63, 3.8) is 0 Å². The summed E-state index contributed by atoms with van der Waals surface area (Å²) in [5, 5.41) is 3.28. The van der Waals surface area contributed by atoms with Gasteiger partial charge in [-0.2, -0.15) is 0 Å². The first-order valence-electron chi connectivity index (χ1n) is 10.0. The van der Waals surface area contributed by atoms with E-state index in [1.54, 1.807) is 24.1 Å². The van der Waals surface area contributed by atoms with Gasteiger partial charge in [0.05, 0.1) is 12.8 Å². The van der Waals surface area contributed by atoms with E-state index in [1.807, 2.05) is 27.7 Å². The number of hydrogen-bond donors (Lipinski definition) is 1. The highest BCUT2D eigenvalue weighted by atomic mass is 127. The maximum atomic E-state index is 12.4. The normalized spacial score (nSPS) is 14.8. The molecule has 1 N–H and O–H groups in total. The van der Waals surface area contributed by atoms with Crippen molar-refractivity contribution in [3.05, 3.63) is 24.2 Å². The second-order valence-electron chi connectivity index (χ2n) is 7.89. The number of halogens is 1. The molecule has 0 spiro atoms. The molecule has 0 atom stereocenters. The van der Waals surface area contributed by atoms with Gasteiger partial charge in [-0.3, -0.25) is 9.79 Å². The van der Waals surface area contributed by atoms with E-state index in [4.69, 9.17) is 9.15 Å². The quantitative estimate of drug-likeness (QED) is 0.354. The Morgan fingerprint density at radius 2 is 1.87 bits per heavy atom. The van der Waals surface area contributed by atoms with Crippen LogP contribution in [0.25, 0.3) is 0 Å². The average molecular weight is 535 g/mol. The van der Waals surface area contributed by atoms with Crippen molar-refractivity contribution in [1.29, 1.82) is 0 Å². The summed E-state index contributed by atoms with van der Waals surface area (Å²) < 4.78 is 10.6. The van der Waals surface area contributed by atoms with E-state index in [1.165, 1.54) is 11.2 Å². The predicted molar refractivity (Wildman–Crippen MR) is 126 cm³/mol. The molecule has 2 rings (SSSR count). The van der Waals surface area contributed by atoms with Gasteiger partial charge < -0.3 is 29.2 Å². The number of aliphatic imine (C=N–C) groups is 1. The summed E-state index contributed by atoms with van der Waals surface area (Å²) >= 11 is 0. The molecule has 170 valence electrons. The second-order valence-corrected chi connectivity index (χ2v) is 7.89. The van der Waals surface area contributed by atoms with Gasteiger partial charge in [-0.05, 0) is 39.8 Å². The zero-order chi connectivity index (χ0) is 21.4. The van der Waals surface area contributed by atoms with Crippen molar-refractivity contribution in [2.45, 2.75) is 33.3 Å². The Bertz CT molecular complexity index is 695. The maximum absolute atomic E-state index is 12.4. The minimum absolute atomic E-state index is 0. The molecule has 30 heavy (non-hydrogen) atoms. The lowest BCUT2D eigenvalue weighted by Crippen LogP contribution is -2.53. The molecule has 9 nitrogen and oxygen atoms in total. The summed E-state index contributed by atoms with van der Waals surface area (Å²) in [6, 6.07) is 3.40. The number of hydrogen-bond acceptors (Lipinski definition) is 5. The number of piperazine rings is 1. The van der Waals surface area contributed by atoms with E-state index < -0.39 is 5.60 Å². The molecule has 0 saturated carbocycles. The molecule has 0 aromatic carbocycles. The zero-order valence-electron chi connectivity index (χ0n) is 18.5. The van der Waals surface area contributed by atoms with E-state index >= 15 is 0 Å². The van der Waals surface area contributed by atoms with E-state index in [2.05, 4.69) is 15.2 Å². The number of amides is 2. The number of furan rings is 1. The molecule has 0 unspecified atom stereocenters. The van der Waals surface area contributed by atoms with E-state index in [0.717, 1.165) is 12.5 Å². The second kappa shape index (κ2) is 12.0. The summed E-state index contributed by atoms with van der Waals surface area (Å²) in [5.41, 5.74) is -0.518. The molecule has 10 heteroatoms. The van der Waals surface area contributed by atoms with Gasteiger partial charge in [-0.1, -0.05) is 0 Å². The Labute approximate surface area is 195 Å². The van der Waals surface area contributed by atoms with Crippen LogP contribution in [0.3, 0.4) is 0 Å². The standard InChI is InChI=1S/C20H33N5O4.HI/c1-6-21-18(22-9-10-23(5)19(27)29-20(2,3)4)25-13-11-24(12-14-25)17(26)16-8-7-15-28-16;/h7-8,15H,6,9-14H2,1-5H3,(H,21,22);1H. The number of carbonyl (C=O) groups excluding carboxylic acids is 2. The highest BCUT2D eigenvalue weighted by Crippen LogP contribution is 2.10. The molecule has 1 aliphatic heterocycles. The Kier molecular flexibility index (Phi) is 10.4. The van der Waals surface area contributed by atoms with Crippen LogP contribution >= 0.6 is 24.0 Å². The Morgan fingerprint density at radius 3 is 2.40 bits per heavy atom. The minimum atomic E-state index is -0.518. The maximum Gasteiger partial charge on any atom is 0.410 e. The number of likely N-dealkylation sites (N-methyl/N-ethyl adjacent to an activating group) is 1. The Balaban J connectivity index is 0.00000450. The van der Waals surface area contributed by atoms with E-state index in [-0.39, 0.29) is 36.0 Å². The van der Waals surface area contributed by atoms with Crippen LogP contribution in [-0.2, 0) is 4.74 Å². The van der Waals surface area contributed by atoms with Crippen LogP contribution in [0.2, 0.25) is 0 Å². The number of guanidine groups is 1. The minimum Gasteiger partial charge on any atom is -0.459 e. The molecule has 1 saturated heterocycles. The zero-order valence-corrected chi connectivity index (χ0v) is 20.8. The van der Waals surface area contributed by atoms with Crippen molar-refractivity contribution in [3.8, 4) is 0 Å². The van der Waals surface area contributed by atoms with Crippen LogP contribution in [0.4, 0.5) is 4.79 Å². The lowest BCUT2D eigenvalue weighted by molar-refractivity contribution is 0.0304. The van der Waals surface area contributed by atoms with Crippen LogP contribution in [-0.4, -0.2) is 91.1 Å². The van der Waals surface area contributed by atoms with Crippen molar-refractivity contribution in [1.82, 2.24) is 20.0 Å². The molecule has 1 aromatic heterocycles. The van der Waals surface area contributed by atoms with E-state index in [9.17, 15) is 9.59 Å². The molecule has 2 heterocycles. The van der Waals surface area contributed by atoms with Crippen LogP contribution < -0.4 is 5.32 Å². The van der Waals surface area contributed by atoms with Crippen LogP contribution in [0.1, 0.15) is 38.2 Å². The van der Waals surface area contributed by atoms with E-state index in [0.29, 0.717) is 45.0 Å². The van der Waals surface area contributed by atoms with Gasteiger partial charge in [-0.15, -0.1) is 24.0 Å².